The van der Waals surface area contributed by atoms with Crippen LogP contribution in [0.2, 0.25) is 0 Å². The quantitative estimate of drug-likeness (QED) is 0.812. The molecule has 1 aromatic carbocycles. The van der Waals surface area contributed by atoms with Crippen LogP contribution < -0.4 is 10.1 Å². The highest BCUT2D eigenvalue weighted by Crippen LogP contribution is 2.23. The van der Waals surface area contributed by atoms with Crippen LogP contribution in [-0.2, 0) is 11.4 Å². The minimum Gasteiger partial charge on any atom is -0.487 e. The van der Waals surface area contributed by atoms with Gasteiger partial charge in [0.15, 0.2) is 17.4 Å². The van der Waals surface area contributed by atoms with Gasteiger partial charge in [-0.1, -0.05) is 0 Å². The van der Waals surface area contributed by atoms with Gasteiger partial charge in [0.1, 0.15) is 0 Å². The molecule has 0 aliphatic rings. The summed E-state index contributed by atoms with van der Waals surface area (Å²) in [5.74, 6) is -2.61. The van der Waals surface area contributed by atoms with Gasteiger partial charge in [0.25, 0.3) is 0 Å². The van der Waals surface area contributed by atoms with Crippen LogP contribution in [-0.4, -0.2) is 24.7 Å². The summed E-state index contributed by atoms with van der Waals surface area (Å²) in [6.45, 7) is -0.571. The van der Waals surface area contributed by atoms with Crippen LogP contribution in [0.1, 0.15) is 12.0 Å². The highest BCUT2D eigenvalue weighted by Gasteiger charge is 2.12. The molecule has 0 spiro atoms. The smallest absolute Gasteiger partial charge is 0.223 e. The third kappa shape index (κ3) is 3.67. The molecule has 1 amide bonds. The fourth-order valence-corrected chi connectivity index (χ4v) is 1.21. The first-order valence-electron chi connectivity index (χ1n) is 5.00. The van der Waals surface area contributed by atoms with Crippen molar-refractivity contribution in [3.05, 3.63) is 29.3 Å². The molecule has 0 radical (unpaired) electrons. The van der Waals surface area contributed by atoms with E-state index in [-0.39, 0.29) is 24.5 Å². The predicted octanol–water partition coefficient (Wildman–Crippen LogP) is 0.972. The van der Waals surface area contributed by atoms with Crippen LogP contribution in [0, 0.1) is 11.6 Å². The topological polar surface area (TPSA) is 58.6 Å². The Morgan fingerprint density at radius 2 is 2.00 bits per heavy atom. The number of benzene rings is 1. The lowest BCUT2D eigenvalue weighted by molar-refractivity contribution is -0.121. The van der Waals surface area contributed by atoms with Crippen molar-refractivity contribution in [2.75, 3.05) is 13.7 Å². The molecule has 1 rings (SSSR count). The number of nitrogens with one attached hydrogen (secondary N) is 1. The zero-order valence-corrected chi connectivity index (χ0v) is 9.30. The molecule has 6 heteroatoms. The van der Waals surface area contributed by atoms with E-state index in [1.165, 1.54) is 7.05 Å². The third-order valence-electron chi connectivity index (χ3n) is 2.10. The van der Waals surface area contributed by atoms with Gasteiger partial charge < -0.3 is 15.2 Å². The lowest BCUT2D eigenvalue weighted by Gasteiger charge is -2.09. The number of aliphatic hydroxyl groups excluding tert-OH is 1. The molecule has 0 unspecified atom stereocenters. The molecule has 1 aromatic rings. The van der Waals surface area contributed by atoms with E-state index in [9.17, 15) is 13.6 Å². The molecular formula is C11H13F2NO3. The van der Waals surface area contributed by atoms with Crippen molar-refractivity contribution in [2.45, 2.75) is 13.0 Å². The van der Waals surface area contributed by atoms with Crippen LogP contribution in [0.15, 0.2) is 12.1 Å². The van der Waals surface area contributed by atoms with Crippen molar-refractivity contribution in [3.8, 4) is 5.75 Å². The van der Waals surface area contributed by atoms with E-state index in [2.05, 4.69) is 5.32 Å². The second kappa shape index (κ2) is 6.15. The van der Waals surface area contributed by atoms with E-state index in [0.29, 0.717) is 0 Å². The minimum absolute atomic E-state index is 0.0110. The largest absolute Gasteiger partial charge is 0.487 e. The van der Waals surface area contributed by atoms with Gasteiger partial charge in [0, 0.05) is 7.05 Å². The van der Waals surface area contributed by atoms with E-state index in [1.807, 2.05) is 0 Å². The number of amides is 1. The molecule has 0 bridgehead atoms. The predicted molar refractivity (Wildman–Crippen MR) is 56.5 cm³/mol. The average molecular weight is 245 g/mol. The standard InChI is InChI=1S/C11H13F2NO3/c1-14-10(16)2-3-17-11-8(12)4-7(6-15)5-9(11)13/h4-5,15H,2-3,6H2,1H3,(H,14,16). The second-order valence-corrected chi connectivity index (χ2v) is 3.32. The monoisotopic (exact) mass is 245 g/mol. The molecule has 0 aromatic heterocycles. The van der Waals surface area contributed by atoms with Gasteiger partial charge in [0.05, 0.1) is 19.6 Å². The first-order chi connectivity index (χ1) is 8.08. The summed E-state index contributed by atoms with van der Waals surface area (Å²) >= 11 is 0. The first kappa shape index (κ1) is 13.4. The summed E-state index contributed by atoms with van der Waals surface area (Å²) in [5, 5.41) is 11.1. The van der Waals surface area contributed by atoms with Crippen LogP contribution in [0.25, 0.3) is 0 Å². The van der Waals surface area contributed by atoms with Crippen LogP contribution in [0.4, 0.5) is 8.78 Å². The maximum Gasteiger partial charge on any atom is 0.223 e. The molecular weight excluding hydrogens is 232 g/mol. The molecule has 0 atom stereocenters. The third-order valence-corrected chi connectivity index (χ3v) is 2.10. The molecule has 94 valence electrons. The Morgan fingerprint density at radius 3 is 2.47 bits per heavy atom. The number of halogens is 2. The molecule has 0 heterocycles. The van der Waals surface area contributed by atoms with E-state index in [1.54, 1.807) is 0 Å². The summed E-state index contributed by atoms with van der Waals surface area (Å²) in [4.78, 5) is 10.9. The van der Waals surface area contributed by atoms with Gasteiger partial charge >= 0.3 is 0 Å². The Bertz CT molecular complexity index is 387. The number of ether oxygens (including phenoxy) is 1. The van der Waals surface area contributed by atoms with Gasteiger partial charge in [-0.3, -0.25) is 4.79 Å². The fourth-order valence-electron chi connectivity index (χ4n) is 1.21. The lowest BCUT2D eigenvalue weighted by Crippen LogP contribution is -2.20. The first-order valence-corrected chi connectivity index (χ1v) is 5.00. The zero-order valence-electron chi connectivity index (χ0n) is 9.30. The summed E-state index contributed by atoms with van der Waals surface area (Å²) in [6.07, 6.45) is 0.0110. The Labute approximate surface area is 97.2 Å². The highest BCUT2D eigenvalue weighted by atomic mass is 19.1. The van der Waals surface area contributed by atoms with Crippen LogP contribution in [0.3, 0.4) is 0 Å². The zero-order chi connectivity index (χ0) is 12.8. The van der Waals surface area contributed by atoms with Crippen LogP contribution in [0.5, 0.6) is 5.75 Å². The number of rotatable bonds is 5. The Hall–Kier alpha value is -1.69. The summed E-state index contributed by atoms with van der Waals surface area (Å²) < 4.78 is 31.5. The van der Waals surface area contributed by atoms with Crippen molar-refractivity contribution in [2.24, 2.45) is 0 Å². The second-order valence-electron chi connectivity index (χ2n) is 3.32. The molecule has 17 heavy (non-hydrogen) atoms. The Kier molecular flexibility index (Phi) is 4.84. The molecule has 2 N–H and O–H groups in total. The van der Waals surface area contributed by atoms with E-state index < -0.39 is 24.0 Å². The molecule has 0 aliphatic carbocycles. The van der Waals surface area contributed by atoms with Gasteiger partial charge in [-0.05, 0) is 17.7 Å². The van der Waals surface area contributed by atoms with Crippen molar-refractivity contribution >= 4 is 5.91 Å². The molecule has 0 aliphatic heterocycles. The summed E-state index contributed by atoms with van der Waals surface area (Å²) in [7, 11) is 1.46. The van der Waals surface area contributed by atoms with Crippen molar-refractivity contribution in [3.63, 3.8) is 0 Å². The SMILES string of the molecule is CNC(=O)CCOc1c(F)cc(CO)cc1F. The maximum atomic E-state index is 13.3. The van der Waals surface area contributed by atoms with Crippen molar-refractivity contribution in [1.82, 2.24) is 5.32 Å². The van der Waals surface area contributed by atoms with Gasteiger partial charge in [-0.2, -0.15) is 0 Å². The van der Waals surface area contributed by atoms with E-state index in [4.69, 9.17) is 9.84 Å². The van der Waals surface area contributed by atoms with E-state index >= 15 is 0 Å². The highest BCUT2D eigenvalue weighted by molar-refractivity contribution is 5.75. The minimum atomic E-state index is -0.897. The Balaban J connectivity index is 2.68. The van der Waals surface area contributed by atoms with Crippen molar-refractivity contribution < 1.29 is 23.4 Å². The number of carbonyl (C=O) groups is 1. The lowest BCUT2D eigenvalue weighted by atomic mass is 10.2. The van der Waals surface area contributed by atoms with Gasteiger partial charge in [0.2, 0.25) is 5.91 Å². The maximum absolute atomic E-state index is 13.3. The van der Waals surface area contributed by atoms with Crippen molar-refractivity contribution in [1.29, 1.82) is 0 Å². The molecule has 0 fully saturated rings. The van der Waals surface area contributed by atoms with Crippen LogP contribution >= 0.6 is 0 Å². The normalized spacial score (nSPS) is 10.1. The summed E-state index contributed by atoms with van der Waals surface area (Å²) in [6, 6.07) is 1.97. The Morgan fingerprint density at radius 1 is 1.41 bits per heavy atom. The van der Waals surface area contributed by atoms with Gasteiger partial charge in [-0.25, -0.2) is 8.78 Å². The number of hydrogen-bond acceptors (Lipinski definition) is 3. The number of carbonyl (C=O) groups excluding carboxylic acids is 1. The molecule has 0 saturated carbocycles. The number of hydrogen-bond donors (Lipinski definition) is 2. The average Bonchev–Trinajstić information content (AvgIpc) is 2.31. The summed E-state index contributed by atoms with van der Waals surface area (Å²) in [5.41, 5.74) is 0.124. The number of aliphatic hydroxyl groups is 1. The van der Waals surface area contributed by atoms with E-state index in [0.717, 1.165) is 12.1 Å². The molecule has 0 saturated heterocycles. The molecule has 4 nitrogen and oxygen atoms in total. The van der Waals surface area contributed by atoms with Gasteiger partial charge in [-0.15, -0.1) is 0 Å². The fraction of sp³-hybridized carbons (Fsp3) is 0.364.